The minimum Gasteiger partial charge on any atom is -0.480 e. The SMILES string of the molecule is CC1(C)C(=CC=C2CCCC(C=CC3=[N+](CCCCS(=O)(=O)O)c4ccccc4C3(C)C)=C2Oc2ccc(C[C@H](NC(=O)CCCCCCCCC(=O)CCS(=O)(=O)c3c(F)c(F)c(S(N)(=O)=O)c(F)c3NC3CCCCCCC3)C(=O)O)cc2)N(CCCCS(=O)(=O)O)c2ccccc21. The van der Waals surface area contributed by atoms with Crippen molar-refractivity contribution < 1.29 is 84.8 Å². The Kier molecular flexibility index (Phi) is 27.0. The fourth-order valence-electron chi connectivity index (χ4n) is 14.0. The van der Waals surface area contributed by atoms with Crippen molar-refractivity contribution in [2.45, 2.75) is 214 Å². The van der Waals surface area contributed by atoms with Gasteiger partial charge in [0.05, 0.1) is 28.4 Å². The highest BCUT2D eigenvalue weighted by molar-refractivity contribution is 7.91. The molecule has 20 nitrogen and oxygen atoms in total. The van der Waals surface area contributed by atoms with Gasteiger partial charge in [0, 0.05) is 79.2 Å². The summed E-state index contributed by atoms with van der Waals surface area (Å²) in [6, 6.07) is 21.4. The number of amides is 1. The minimum absolute atomic E-state index is 0.0318. The number of carboxylic acid groups (broad SMARTS) is 1. The molecule has 0 radical (unpaired) electrons. The largest absolute Gasteiger partial charge is 0.480 e. The fourth-order valence-corrected chi connectivity index (χ4v) is 17.3. The average Bonchev–Trinajstić information content (AvgIpc) is 1.40. The summed E-state index contributed by atoms with van der Waals surface area (Å²) < 4.78 is 173. The zero-order valence-corrected chi connectivity index (χ0v) is 60.6. The van der Waals surface area contributed by atoms with Crippen LogP contribution in [0.2, 0.25) is 0 Å². The van der Waals surface area contributed by atoms with Crippen LogP contribution in [0.5, 0.6) is 5.75 Å². The lowest BCUT2D eigenvalue weighted by Gasteiger charge is -2.27. The van der Waals surface area contributed by atoms with Crippen LogP contribution in [0.15, 0.2) is 129 Å². The maximum Gasteiger partial charge on any atom is 0.326 e. The number of aliphatic carboxylic acids is 1. The van der Waals surface area contributed by atoms with Gasteiger partial charge in [-0.3, -0.25) is 18.7 Å². The van der Waals surface area contributed by atoms with E-state index in [-0.39, 0.29) is 43.6 Å². The van der Waals surface area contributed by atoms with Gasteiger partial charge in [-0.2, -0.15) is 21.4 Å². The van der Waals surface area contributed by atoms with Gasteiger partial charge in [-0.25, -0.2) is 39.9 Å². The van der Waals surface area contributed by atoms with Crippen molar-refractivity contribution in [2.24, 2.45) is 5.14 Å². The quantitative estimate of drug-likeness (QED) is 0.0108. The third-order valence-corrected chi connectivity index (χ3v) is 23.6. The number of ketones is 1. The molecule has 0 aromatic heterocycles. The van der Waals surface area contributed by atoms with Crippen LogP contribution in [-0.2, 0) is 71.7 Å². The van der Waals surface area contributed by atoms with E-state index in [0.29, 0.717) is 120 Å². The Morgan fingerprint density at radius 2 is 1.26 bits per heavy atom. The molecule has 1 atom stereocenters. The number of hydrogen-bond acceptors (Lipinski definition) is 14. The minimum atomic E-state index is -5.17. The number of carbonyl (C=O) groups is 3. The van der Waals surface area contributed by atoms with E-state index in [1.807, 2.05) is 36.4 Å². The number of carbonyl (C=O) groups excluding carboxylic acids is 2. The maximum absolute atomic E-state index is 15.8. The molecule has 2 aliphatic carbocycles. The number of halogens is 3. The number of sulfonamides is 1. The molecular weight excluding hydrogens is 1370 g/mol. The lowest BCUT2D eigenvalue weighted by atomic mass is 9.81. The Morgan fingerprint density at radius 1 is 0.660 bits per heavy atom. The first kappa shape index (κ1) is 78.7. The van der Waals surface area contributed by atoms with Gasteiger partial charge in [0.15, 0.2) is 37.9 Å². The van der Waals surface area contributed by atoms with Crippen LogP contribution in [0.4, 0.5) is 30.2 Å². The van der Waals surface area contributed by atoms with Crippen LogP contribution in [0.3, 0.4) is 0 Å². The van der Waals surface area contributed by atoms with Crippen molar-refractivity contribution in [1.82, 2.24) is 5.32 Å². The lowest BCUT2D eigenvalue weighted by Crippen LogP contribution is -2.42. The van der Waals surface area contributed by atoms with Crippen molar-refractivity contribution in [2.75, 3.05) is 40.6 Å². The molecule has 1 amide bonds. The van der Waals surface area contributed by atoms with Crippen molar-refractivity contribution in [3.8, 4) is 5.75 Å². The number of Topliss-reactive ketones (excluding diaryl/α,β-unsaturated/α-hetero) is 1. The zero-order chi connectivity index (χ0) is 72.8. The van der Waals surface area contributed by atoms with Crippen LogP contribution >= 0.6 is 0 Å². The van der Waals surface area contributed by atoms with Gasteiger partial charge in [0.25, 0.3) is 20.2 Å². The van der Waals surface area contributed by atoms with Crippen molar-refractivity contribution in [3.63, 3.8) is 0 Å². The Morgan fingerprint density at radius 3 is 1.91 bits per heavy atom. The molecule has 100 heavy (non-hydrogen) atoms. The van der Waals surface area contributed by atoms with Gasteiger partial charge < -0.3 is 25.4 Å². The monoisotopic (exact) mass is 1470 g/mol. The third kappa shape index (κ3) is 20.9. The molecule has 0 saturated heterocycles. The van der Waals surface area contributed by atoms with Gasteiger partial charge in [0.2, 0.25) is 21.6 Å². The summed E-state index contributed by atoms with van der Waals surface area (Å²) in [7, 11) is -18.3. The predicted octanol–water partition coefficient (Wildman–Crippen LogP) is 13.3. The highest BCUT2D eigenvalue weighted by Crippen LogP contribution is 2.49. The molecule has 546 valence electrons. The number of hydrogen-bond donors (Lipinski definition) is 6. The number of nitrogens with one attached hydrogen (secondary N) is 2. The second-order valence-electron chi connectivity index (χ2n) is 27.6. The van der Waals surface area contributed by atoms with Gasteiger partial charge in [-0.05, 0) is 131 Å². The number of allylic oxidation sites excluding steroid dienone is 7. The number of rotatable bonds is 35. The Labute approximate surface area is 587 Å². The molecule has 0 unspecified atom stereocenters. The molecule has 4 aromatic rings. The summed E-state index contributed by atoms with van der Waals surface area (Å²) in [5.74, 6) is -8.97. The van der Waals surface area contributed by atoms with Gasteiger partial charge >= 0.3 is 5.97 Å². The number of carboxylic acids is 1. The van der Waals surface area contributed by atoms with E-state index in [1.165, 1.54) is 0 Å². The number of sulfone groups is 1. The second-order valence-corrected chi connectivity index (χ2v) is 34.3. The van der Waals surface area contributed by atoms with E-state index in [0.717, 1.165) is 70.7 Å². The average molecular weight is 1470 g/mol. The van der Waals surface area contributed by atoms with E-state index in [4.69, 9.17) is 9.88 Å². The number of unbranched alkanes of at least 4 members (excludes halogenated alkanes) is 7. The standard InChI is InChI=1S/C73H94F3N5O15S4/c1-72(2)56-30-16-18-32-59(56)80(44-20-22-46-98(88,89)90)61(72)41-37-51-25-24-26-52(38-42-62-73(3,4)57-31-17-19-33-60(57)81(62)45-21-23-47-99(91,92)93)68(51)96-55-39-35-50(36-40-55)49-58(71(84)85)79-63(83)34-15-11-6-5-10-14-29-54(82)43-48-97(86,87)70-65(75)64(74)69(100(77,94)95)66(76)67(70)78-53-27-12-8-7-9-13-28-53/h16-19,30-33,35-42,53,58,78H,5-15,20-29,34,43-49H2,1-4H3,(H5-,77,79,83,84,85,88,89,90,91,92,93,94,95)/p+1/t58-/m0/s1. The van der Waals surface area contributed by atoms with Crippen LogP contribution < -0.4 is 25.4 Å². The van der Waals surface area contributed by atoms with Crippen LogP contribution in [0.25, 0.3) is 0 Å². The lowest BCUT2D eigenvalue weighted by molar-refractivity contribution is -0.438. The summed E-state index contributed by atoms with van der Waals surface area (Å²) in [5, 5.41) is 20.6. The highest BCUT2D eigenvalue weighted by Gasteiger charge is 2.45. The number of fused-ring (bicyclic) bond motifs is 2. The summed E-state index contributed by atoms with van der Waals surface area (Å²) in [6.45, 7) is 9.58. The Hall–Kier alpha value is -7.01. The molecule has 2 heterocycles. The topological polar surface area (TPSA) is 314 Å². The first-order valence-electron chi connectivity index (χ1n) is 34.6. The van der Waals surface area contributed by atoms with E-state index in [1.54, 1.807) is 24.3 Å². The molecule has 1 fully saturated rings. The van der Waals surface area contributed by atoms with Crippen LogP contribution in [0, 0.1) is 17.5 Å². The Bertz CT molecular complexity index is 4300. The number of anilines is 2. The first-order chi connectivity index (χ1) is 47.2. The number of primary sulfonamides is 1. The van der Waals surface area contributed by atoms with E-state index >= 15 is 13.2 Å². The van der Waals surface area contributed by atoms with Crippen molar-refractivity contribution >= 4 is 80.5 Å². The first-order valence-corrected chi connectivity index (χ1v) is 41.0. The van der Waals surface area contributed by atoms with Gasteiger partial charge in [0.1, 0.15) is 34.8 Å². The summed E-state index contributed by atoms with van der Waals surface area (Å²) >= 11 is 0. The van der Waals surface area contributed by atoms with Gasteiger partial charge in [-0.15, -0.1) is 0 Å². The van der Waals surface area contributed by atoms with E-state index < -0.39 is 126 Å². The summed E-state index contributed by atoms with van der Waals surface area (Å²) in [5.41, 5.74) is 6.71. The van der Waals surface area contributed by atoms with Crippen molar-refractivity contribution in [3.05, 3.63) is 154 Å². The molecule has 27 heteroatoms. The molecule has 2 aliphatic heterocycles. The molecule has 4 aliphatic rings. The third-order valence-electron chi connectivity index (χ3n) is 19.3. The molecule has 0 bridgehead atoms. The summed E-state index contributed by atoms with van der Waals surface area (Å²) in [6.07, 6.45) is 19.6. The molecule has 8 rings (SSSR count). The normalized spacial score (nSPS) is 17.9. The molecule has 4 aromatic carbocycles. The fraction of sp³-hybridized carbons (Fsp3) is 0.507. The number of ether oxygens (including phenoxy) is 1. The number of nitrogens with two attached hydrogens (primary N) is 1. The molecule has 7 N–H and O–H groups in total. The molecule has 0 spiro atoms. The zero-order valence-electron chi connectivity index (χ0n) is 57.4. The molecule has 1 saturated carbocycles. The van der Waals surface area contributed by atoms with Gasteiger partial charge in [-0.1, -0.05) is 126 Å². The van der Waals surface area contributed by atoms with Crippen LogP contribution in [-0.4, -0.2) is 118 Å². The second kappa shape index (κ2) is 34.3. The highest BCUT2D eigenvalue weighted by atomic mass is 32.2. The van der Waals surface area contributed by atoms with E-state index in [9.17, 15) is 62.3 Å². The number of para-hydroxylation sites is 2. The summed E-state index contributed by atoms with van der Waals surface area (Å²) in [4.78, 5) is 37.7. The Balaban J connectivity index is 0.896. The predicted molar refractivity (Wildman–Crippen MR) is 380 cm³/mol. The molecular formula is C73H95F3N5O15S4+. The van der Waals surface area contributed by atoms with Crippen LogP contribution in [0.1, 0.15) is 192 Å². The maximum atomic E-state index is 15.8. The number of benzene rings is 4. The smallest absolute Gasteiger partial charge is 0.326 e. The van der Waals surface area contributed by atoms with Crippen molar-refractivity contribution in [1.29, 1.82) is 0 Å². The number of nitrogens with zero attached hydrogens (tertiary/aromatic N) is 2. The van der Waals surface area contributed by atoms with E-state index in [2.05, 4.69) is 84.2 Å².